The van der Waals surface area contributed by atoms with Gasteiger partial charge < -0.3 is 0 Å². The SMILES string of the molecule is CCCC(CS)CSc1nnnn1C1CC1. The quantitative estimate of drug-likeness (QED) is 0.602. The molecule has 4 nitrogen and oxygen atoms in total. The molecule has 2 rings (SSSR count). The van der Waals surface area contributed by atoms with Crippen molar-refractivity contribution in [3.8, 4) is 0 Å². The van der Waals surface area contributed by atoms with Crippen molar-refractivity contribution >= 4 is 24.4 Å². The Hall–Kier alpha value is -0.230. The van der Waals surface area contributed by atoms with Crippen LogP contribution in [0.1, 0.15) is 38.6 Å². The second-order valence-corrected chi connectivity index (χ2v) is 5.64. The fraction of sp³-hybridized carbons (Fsp3) is 0.900. The Morgan fingerprint density at radius 1 is 1.56 bits per heavy atom. The van der Waals surface area contributed by atoms with E-state index in [1.165, 1.54) is 25.7 Å². The summed E-state index contributed by atoms with van der Waals surface area (Å²) in [7, 11) is 0. The zero-order valence-corrected chi connectivity index (χ0v) is 11.3. The van der Waals surface area contributed by atoms with Gasteiger partial charge in [-0.05, 0) is 41.4 Å². The van der Waals surface area contributed by atoms with Crippen LogP contribution in [0.25, 0.3) is 0 Å². The minimum atomic E-state index is 0.568. The van der Waals surface area contributed by atoms with E-state index in [0.29, 0.717) is 12.0 Å². The first-order valence-electron chi connectivity index (χ1n) is 5.86. The molecule has 0 aliphatic heterocycles. The van der Waals surface area contributed by atoms with E-state index in [0.717, 1.165) is 16.7 Å². The van der Waals surface area contributed by atoms with E-state index >= 15 is 0 Å². The number of thioether (sulfide) groups is 1. The summed E-state index contributed by atoms with van der Waals surface area (Å²) >= 11 is 6.16. The Balaban J connectivity index is 1.85. The lowest BCUT2D eigenvalue weighted by Gasteiger charge is -2.11. The van der Waals surface area contributed by atoms with E-state index in [2.05, 4.69) is 35.1 Å². The summed E-state index contributed by atoms with van der Waals surface area (Å²) in [4.78, 5) is 0. The normalized spacial score (nSPS) is 17.6. The standard InChI is InChI=1S/C10H18N4S2/c1-2-3-8(6-15)7-16-10-11-12-13-14(10)9-4-5-9/h8-9,15H,2-7H2,1H3. The van der Waals surface area contributed by atoms with Crippen molar-refractivity contribution in [1.82, 2.24) is 20.2 Å². The predicted molar refractivity (Wildman–Crippen MR) is 69.1 cm³/mol. The first-order chi connectivity index (χ1) is 7.85. The van der Waals surface area contributed by atoms with Gasteiger partial charge in [0, 0.05) is 5.75 Å². The zero-order chi connectivity index (χ0) is 11.4. The molecular formula is C10H18N4S2. The Kier molecular flexibility index (Phi) is 4.52. The molecule has 0 spiro atoms. The molecular weight excluding hydrogens is 240 g/mol. The van der Waals surface area contributed by atoms with E-state index in [1.807, 2.05) is 4.68 Å². The topological polar surface area (TPSA) is 43.6 Å². The van der Waals surface area contributed by atoms with Gasteiger partial charge in [0.05, 0.1) is 6.04 Å². The second-order valence-electron chi connectivity index (χ2n) is 4.29. The molecule has 1 saturated carbocycles. The molecule has 1 aromatic heterocycles. The summed E-state index contributed by atoms with van der Waals surface area (Å²) < 4.78 is 1.98. The fourth-order valence-electron chi connectivity index (χ4n) is 1.66. The van der Waals surface area contributed by atoms with Crippen LogP contribution in [0.4, 0.5) is 0 Å². The lowest BCUT2D eigenvalue weighted by Crippen LogP contribution is -2.07. The molecule has 1 fully saturated rings. The molecule has 0 aromatic carbocycles. The van der Waals surface area contributed by atoms with Gasteiger partial charge in [0.15, 0.2) is 0 Å². The van der Waals surface area contributed by atoms with Crippen molar-refractivity contribution < 1.29 is 0 Å². The Bertz CT molecular complexity index is 324. The number of tetrazole rings is 1. The van der Waals surface area contributed by atoms with Gasteiger partial charge in [-0.15, -0.1) is 5.10 Å². The average molecular weight is 258 g/mol. The van der Waals surface area contributed by atoms with Crippen molar-refractivity contribution in [3.05, 3.63) is 0 Å². The van der Waals surface area contributed by atoms with E-state index < -0.39 is 0 Å². The molecule has 1 heterocycles. The van der Waals surface area contributed by atoms with E-state index in [4.69, 9.17) is 0 Å². The highest BCUT2D eigenvalue weighted by Crippen LogP contribution is 2.36. The monoisotopic (exact) mass is 258 g/mol. The van der Waals surface area contributed by atoms with Gasteiger partial charge in [0.2, 0.25) is 5.16 Å². The smallest absolute Gasteiger partial charge is 0.209 e. The molecule has 0 N–H and O–H groups in total. The lowest BCUT2D eigenvalue weighted by molar-refractivity contribution is 0.561. The molecule has 1 atom stereocenters. The third-order valence-corrected chi connectivity index (χ3v) is 4.44. The largest absolute Gasteiger partial charge is 0.217 e. The highest BCUT2D eigenvalue weighted by molar-refractivity contribution is 7.99. The molecule has 6 heteroatoms. The van der Waals surface area contributed by atoms with Gasteiger partial charge in [0.25, 0.3) is 0 Å². The Morgan fingerprint density at radius 3 is 3.00 bits per heavy atom. The number of hydrogen-bond donors (Lipinski definition) is 1. The van der Waals surface area contributed by atoms with Gasteiger partial charge in [-0.2, -0.15) is 12.6 Å². The van der Waals surface area contributed by atoms with Crippen LogP contribution in [0.5, 0.6) is 0 Å². The summed E-state index contributed by atoms with van der Waals surface area (Å²) in [5.74, 6) is 2.69. The van der Waals surface area contributed by atoms with Crippen LogP contribution in [0.3, 0.4) is 0 Å². The summed E-state index contributed by atoms with van der Waals surface area (Å²) in [6.45, 7) is 2.22. The molecule has 1 unspecified atom stereocenters. The molecule has 0 bridgehead atoms. The van der Waals surface area contributed by atoms with Crippen LogP contribution in [0.2, 0.25) is 0 Å². The van der Waals surface area contributed by atoms with Crippen LogP contribution in [-0.4, -0.2) is 31.7 Å². The van der Waals surface area contributed by atoms with Crippen LogP contribution >= 0.6 is 24.4 Å². The number of nitrogens with zero attached hydrogens (tertiary/aromatic N) is 4. The molecule has 1 aliphatic rings. The zero-order valence-electron chi connectivity index (χ0n) is 9.54. The average Bonchev–Trinajstić information content (AvgIpc) is 3.04. The summed E-state index contributed by atoms with van der Waals surface area (Å²) in [6, 6.07) is 0.568. The van der Waals surface area contributed by atoms with E-state index in [-0.39, 0.29) is 0 Å². The first-order valence-corrected chi connectivity index (χ1v) is 7.48. The highest BCUT2D eigenvalue weighted by Gasteiger charge is 2.28. The van der Waals surface area contributed by atoms with E-state index in [1.54, 1.807) is 11.8 Å². The number of rotatable bonds is 7. The molecule has 1 aliphatic carbocycles. The summed E-state index contributed by atoms with van der Waals surface area (Å²) in [6.07, 6.45) is 4.91. The fourth-order valence-corrected chi connectivity index (χ4v) is 3.22. The van der Waals surface area contributed by atoms with Crippen molar-refractivity contribution in [2.45, 2.75) is 43.8 Å². The minimum Gasteiger partial charge on any atom is -0.217 e. The highest BCUT2D eigenvalue weighted by atomic mass is 32.2. The Labute approximate surface area is 106 Å². The first kappa shape index (κ1) is 12.2. The Morgan fingerprint density at radius 2 is 2.38 bits per heavy atom. The maximum absolute atomic E-state index is 4.39. The number of hydrogen-bond acceptors (Lipinski definition) is 5. The lowest BCUT2D eigenvalue weighted by atomic mass is 10.1. The van der Waals surface area contributed by atoms with Gasteiger partial charge in [-0.3, -0.25) is 0 Å². The van der Waals surface area contributed by atoms with Crippen LogP contribution < -0.4 is 0 Å². The van der Waals surface area contributed by atoms with Crippen molar-refractivity contribution in [1.29, 1.82) is 0 Å². The molecule has 0 saturated heterocycles. The summed E-state index contributed by atoms with van der Waals surface area (Å²) in [5, 5.41) is 12.9. The van der Waals surface area contributed by atoms with Crippen LogP contribution in [0, 0.1) is 5.92 Å². The third kappa shape index (κ3) is 3.13. The van der Waals surface area contributed by atoms with Crippen LogP contribution in [-0.2, 0) is 0 Å². The van der Waals surface area contributed by atoms with Crippen molar-refractivity contribution in [2.75, 3.05) is 11.5 Å². The summed E-state index contributed by atoms with van der Waals surface area (Å²) in [5.41, 5.74) is 0. The predicted octanol–water partition coefficient (Wildman–Crippen LogP) is 2.45. The maximum atomic E-state index is 4.39. The van der Waals surface area contributed by atoms with Crippen LogP contribution in [0.15, 0.2) is 5.16 Å². The van der Waals surface area contributed by atoms with Gasteiger partial charge in [-0.1, -0.05) is 25.1 Å². The number of aromatic nitrogens is 4. The molecule has 16 heavy (non-hydrogen) atoms. The second kappa shape index (κ2) is 5.91. The van der Waals surface area contributed by atoms with Crippen molar-refractivity contribution in [3.63, 3.8) is 0 Å². The third-order valence-electron chi connectivity index (χ3n) is 2.76. The molecule has 0 amide bonds. The molecule has 0 radical (unpaired) electrons. The van der Waals surface area contributed by atoms with E-state index in [9.17, 15) is 0 Å². The van der Waals surface area contributed by atoms with Gasteiger partial charge >= 0.3 is 0 Å². The van der Waals surface area contributed by atoms with Gasteiger partial charge in [0.1, 0.15) is 0 Å². The van der Waals surface area contributed by atoms with Crippen molar-refractivity contribution in [2.24, 2.45) is 5.92 Å². The van der Waals surface area contributed by atoms with Gasteiger partial charge in [-0.25, -0.2) is 4.68 Å². The molecule has 1 aromatic rings. The molecule has 90 valence electrons. The number of thiol groups is 1. The minimum absolute atomic E-state index is 0.568. The maximum Gasteiger partial charge on any atom is 0.209 e.